The van der Waals surface area contributed by atoms with Crippen molar-refractivity contribution in [3.8, 4) is 0 Å². The molecule has 0 atom stereocenters. The highest BCUT2D eigenvalue weighted by atomic mass is 15.1. The maximum Gasteiger partial charge on any atom is 0.0951 e. The molecule has 0 aliphatic carbocycles. The van der Waals surface area contributed by atoms with Gasteiger partial charge in [0, 0.05) is 19.3 Å². The van der Waals surface area contributed by atoms with Gasteiger partial charge in [-0.05, 0) is 12.6 Å². The summed E-state index contributed by atoms with van der Waals surface area (Å²) < 4.78 is 2.16. The second-order valence-electron chi connectivity index (χ2n) is 3.53. The van der Waals surface area contributed by atoms with Crippen LogP contribution in [0, 0.1) is 0 Å². The van der Waals surface area contributed by atoms with Crippen molar-refractivity contribution in [2.24, 2.45) is 0 Å². The number of nitrogens with one attached hydrogen (secondary N) is 1. The van der Waals surface area contributed by atoms with Gasteiger partial charge in [-0.25, -0.2) is 4.98 Å². The molecule has 0 amide bonds. The third kappa shape index (κ3) is 2.44. The van der Waals surface area contributed by atoms with Gasteiger partial charge in [0.1, 0.15) is 0 Å². The Kier molecular flexibility index (Phi) is 3.15. The quantitative estimate of drug-likeness (QED) is 0.815. The van der Waals surface area contributed by atoms with E-state index in [0.29, 0.717) is 0 Å². The van der Waals surface area contributed by atoms with E-state index < -0.39 is 0 Å². The molecule has 3 heteroatoms. The molecule has 78 valence electrons. The Morgan fingerprint density at radius 3 is 2.80 bits per heavy atom. The Hall–Kier alpha value is -1.61. The first-order valence-corrected chi connectivity index (χ1v) is 5.07. The maximum absolute atomic E-state index is 4.16. The molecule has 1 aromatic heterocycles. The summed E-state index contributed by atoms with van der Waals surface area (Å²) in [5, 5.41) is 3.14. The standard InChI is InChI=1S/C12H15N3/c1-13-7-12-8-14-10-15(12)9-11-5-3-2-4-6-11/h2-6,8,10,13H,7,9H2,1H3. The monoisotopic (exact) mass is 201 g/mol. The highest BCUT2D eigenvalue weighted by molar-refractivity contribution is 5.16. The van der Waals surface area contributed by atoms with Crippen molar-refractivity contribution in [1.29, 1.82) is 0 Å². The van der Waals surface area contributed by atoms with Crippen molar-refractivity contribution in [3.05, 3.63) is 54.1 Å². The molecule has 0 spiro atoms. The summed E-state index contributed by atoms with van der Waals surface area (Å²) in [5.74, 6) is 0. The van der Waals surface area contributed by atoms with Gasteiger partial charge in [-0.15, -0.1) is 0 Å². The fraction of sp³-hybridized carbons (Fsp3) is 0.250. The minimum atomic E-state index is 0.854. The van der Waals surface area contributed by atoms with E-state index in [1.807, 2.05) is 25.6 Å². The summed E-state index contributed by atoms with van der Waals surface area (Å²) in [6.07, 6.45) is 3.78. The molecule has 1 heterocycles. The molecular formula is C12H15N3. The van der Waals surface area contributed by atoms with E-state index in [-0.39, 0.29) is 0 Å². The highest BCUT2D eigenvalue weighted by Gasteiger charge is 2.00. The Balaban J connectivity index is 2.14. The summed E-state index contributed by atoms with van der Waals surface area (Å²) in [5.41, 5.74) is 2.51. The zero-order valence-electron chi connectivity index (χ0n) is 8.85. The normalized spacial score (nSPS) is 10.5. The molecular weight excluding hydrogens is 186 g/mol. The first-order valence-electron chi connectivity index (χ1n) is 5.07. The highest BCUT2D eigenvalue weighted by Crippen LogP contribution is 2.05. The van der Waals surface area contributed by atoms with Crippen LogP contribution < -0.4 is 5.32 Å². The average Bonchev–Trinajstić information content (AvgIpc) is 2.68. The number of rotatable bonds is 4. The van der Waals surface area contributed by atoms with Crippen molar-refractivity contribution in [2.45, 2.75) is 13.1 Å². The fourth-order valence-electron chi connectivity index (χ4n) is 1.60. The molecule has 1 aromatic carbocycles. The summed E-state index contributed by atoms with van der Waals surface area (Å²) >= 11 is 0. The maximum atomic E-state index is 4.16. The van der Waals surface area contributed by atoms with E-state index in [0.717, 1.165) is 13.1 Å². The van der Waals surface area contributed by atoms with Gasteiger partial charge >= 0.3 is 0 Å². The van der Waals surface area contributed by atoms with Crippen molar-refractivity contribution in [2.75, 3.05) is 7.05 Å². The van der Waals surface area contributed by atoms with Crippen molar-refractivity contribution >= 4 is 0 Å². The van der Waals surface area contributed by atoms with E-state index in [9.17, 15) is 0 Å². The van der Waals surface area contributed by atoms with Crippen LogP contribution in [0.4, 0.5) is 0 Å². The topological polar surface area (TPSA) is 29.9 Å². The lowest BCUT2D eigenvalue weighted by Crippen LogP contribution is -2.11. The summed E-state index contributed by atoms with van der Waals surface area (Å²) in [7, 11) is 1.94. The van der Waals surface area contributed by atoms with Gasteiger partial charge in [0.2, 0.25) is 0 Å². The third-order valence-electron chi connectivity index (χ3n) is 2.35. The fourth-order valence-corrected chi connectivity index (χ4v) is 1.60. The van der Waals surface area contributed by atoms with Gasteiger partial charge in [-0.1, -0.05) is 30.3 Å². The Bertz CT molecular complexity index is 406. The molecule has 2 rings (SSSR count). The molecule has 15 heavy (non-hydrogen) atoms. The molecule has 3 nitrogen and oxygen atoms in total. The van der Waals surface area contributed by atoms with Crippen LogP contribution >= 0.6 is 0 Å². The van der Waals surface area contributed by atoms with Gasteiger partial charge in [-0.3, -0.25) is 0 Å². The molecule has 0 radical (unpaired) electrons. The van der Waals surface area contributed by atoms with Crippen LogP contribution in [0.3, 0.4) is 0 Å². The second kappa shape index (κ2) is 4.75. The van der Waals surface area contributed by atoms with E-state index in [1.54, 1.807) is 0 Å². The molecule has 1 N–H and O–H groups in total. The minimum absolute atomic E-state index is 0.854. The molecule has 0 saturated carbocycles. The Morgan fingerprint density at radius 1 is 1.27 bits per heavy atom. The molecule has 0 aliphatic heterocycles. The van der Waals surface area contributed by atoms with Crippen LogP contribution in [0.2, 0.25) is 0 Å². The SMILES string of the molecule is CNCc1cncn1Cc1ccccc1. The first kappa shape index (κ1) is 9.93. The predicted octanol–water partition coefficient (Wildman–Crippen LogP) is 1.65. The molecule has 0 bridgehead atoms. The molecule has 0 aliphatic rings. The number of hydrogen-bond acceptors (Lipinski definition) is 2. The van der Waals surface area contributed by atoms with Crippen LogP contribution in [-0.2, 0) is 13.1 Å². The van der Waals surface area contributed by atoms with Crippen molar-refractivity contribution in [1.82, 2.24) is 14.9 Å². The van der Waals surface area contributed by atoms with Crippen LogP contribution in [0.1, 0.15) is 11.3 Å². The average molecular weight is 201 g/mol. The van der Waals surface area contributed by atoms with Crippen LogP contribution in [0.15, 0.2) is 42.9 Å². The predicted molar refractivity (Wildman–Crippen MR) is 60.5 cm³/mol. The minimum Gasteiger partial charge on any atom is -0.329 e. The third-order valence-corrected chi connectivity index (χ3v) is 2.35. The number of aromatic nitrogens is 2. The molecule has 0 fully saturated rings. The lowest BCUT2D eigenvalue weighted by atomic mass is 10.2. The van der Waals surface area contributed by atoms with Gasteiger partial charge in [0.05, 0.1) is 12.0 Å². The van der Waals surface area contributed by atoms with E-state index in [1.165, 1.54) is 11.3 Å². The zero-order valence-corrected chi connectivity index (χ0v) is 8.85. The smallest absolute Gasteiger partial charge is 0.0951 e. The second-order valence-corrected chi connectivity index (χ2v) is 3.53. The van der Waals surface area contributed by atoms with Crippen LogP contribution in [0.25, 0.3) is 0 Å². The summed E-state index contributed by atoms with van der Waals surface area (Å²) in [4.78, 5) is 4.16. The lowest BCUT2D eigenvalue weighted by molar-refractivity contribution is 0.693. The molecule has 0 saturated heterocycles. The lowest BCUT2D eigenvalue weighted by Gasteiger charge is -2.07. The largest absolute Gasteiger partial charge is 0.329 e. The van der Waals surface area contributed by atoms with Gasteiger partial charge < -0.3 is 9.88 Å². The van der Waals surface area contributed by atoms with E-state index >= 15 is 0 Å². The zero-order chi connectivity index (χ0) is 10.5. The summed E-state index contributed by atoms with van der Waals surface area (Å²) in [6.45, 7) is 1.74. The van der Waals surface area contributed by atoms with Crippen LogP contribution in [0.5, 0.6) is 0 Å². The van der Waals surface area contributed by atoms with Gasteiger partial charge in [0.15, 0.2) is 0 Å². The molecule has 2 aromatic rings. The van der Waals surface area contributed by atoms with Crippen molar-refractivity contribution < 1.29 is 0 Å². The van der Waals surface area contributed by atoms with E-state index in [2.05, 4.69) is 39.1 Å². The van der Waals surface area contributed by atoms with Crippen LogP contribution in [-0.4, -0.2) is 16.6 Å². The Morgan fingerprint density at radius 2 is 2.07 bits per heavy atom. The summed E-state index contributed by atoms with van der Waals surface area (Å²) in [6, 6.07) is 10.4. The van der Waals surface area contributed by atoms with Gasteiger partial charge in [0.25, 0.3) is 0 Å². The van der Waals surface area contributed by atoms with E-state index in [4.69, 9.17) is 0 Å². The number of imidazole rings is 1. The van der Waals surface area contributed by atoms with Crippen molar-refractivity contribution in [3.63, 3.8) is 0 Å². The van der Waals surface area contributed by atoms with Gasteiger partial charge in [-0.2, -0.15) is 0 Å². The number of nitrogens with zero attached hydrogens (tertiary/aromatic N) is 2. The number of benzene rings is 1. The molecule has 0 unspecified atom stereocenters. The Labute approximate surface area is 89.8 Å². The first-order chi connectivity index (χ1) is 7.40. The number of hydrogen-bond donors (Lipinski definition) is 1.